The topological polar surface area (TPSA) is 59.6 Å². The fraction of sp³-hybridized carbons (Fsp3) is 0.632. The minimum absolute atomic E-state index is 0.0557. The summed E-state index contributed by atoms with van der Waals surface area (Å²) in [7, 11) is 1.64. The third-order valence-corrected chi connectivity index (χ3v) is 4.42. The van der Waals surface area contributed by atoms with Gasteiger partial charge in [-0.2, -0.15) is 0 Å². The van der Waals surface area contributed by atoms with Crippen LogP contribution in [0.15, 0.2) is 18.2 Å². The van der Waals surface area contributed by atoms with Gasteiger partial charge in [0.1, 0.15) is 0 Å². The second-order valence-corrected chi connectivity index (χ2v) is 6.26. The SMILES string of the molecule is CCOc1ccc(CCNC(=O)NC2CCCCCC2)cc1OC. The first-order valence-electron chi connectivity index (χ1n) is 9.07. The summed E-state index contributed by atoms with van der Waals surface area (Å²) in [6, 6.07) is 6.18. The minimum atomic E-state index is -0.0557. The van der Waals surface area contributed by atoms with Crippen LogP contribution in [-0.2, 0) is 6.42 Å². The number of urea groups is 1. The summed E-state index contributed by atoms with van der Waals surface area (Å²) >= 11 is 0. The third kappa shape index (κ3) is 5.95. The molecular formula is C19H30N2O3. The molecule has 24 heavy (non-hydrogen) atoms. The average molecular weight is 334 g/mol. The minimum Gasteiger partial charge on any atom is -0.493 e. The molecule has 0 aliphatic heterocycles. The van der Waals surface area contributed by atoms with Gasteiger partial charge in [0.2, 0.25) is 0 Å². The van der Waals surface area contributed by atoms with E-state index in [1.54, 1.807) is 7.11 Å². The van der Waals surface area contributed by atoms with Crippen molar-refractivity contribution < 1.29 is 14.3 Å². The van der Waals surface area contributed by atoms with E-state index >= 15 is 0 Å². The maximum absolute atomic E-state index is 12.0. The van der Waals surface area contributed by atoms with Gasteiger partial charge in [0, 0.05) is 12.6 Å². The van der Waals surface area contributed by atoms with Gasteiger partial charge in [0.15, 0.2) is 11.5 Å². The summed E-state index contributed by atoms with van der Waals surface area (Å²) in [5.41, 5.74) is 1.12. The number of carbonyl (C=O) groups excluding carboxylic acids is 1. The van der Waals surface area contributed by atoms with Gasteiger partial charge in [0.25, 0.3) is 0 Å². The molecule has 0 bridgehead atoms. The summed E-state index contributed by atoms with van der Waals surface area (Å²) in [6.45, 7) is 3.17. The number of hydrogen-bond acceptors (Lipinski definition) is 3. The molecule has 0 saturated heterocycles. The van der Waals surface area contributed by atoms with Crippen molar-refractivity contribution in [1.82, 2.24) is 10.6 Å². The van der Waals surface area contributed by atoms with E-state index in [-0.39, 0.29) is 6.03 Å². The fourth-order valence-electron chi connectivity index (χ4n) is 3.12. The molecule has 0 radical (unpaired) electrons. The highest BCUT2D eigenvalue weighted by atomic mass is 16.5. The molecule has 0 spiro atoms. The molecule has 1 aliphatic rings. The molecule has 1 fully saturated rings. The lowest BCUT2D eigenvalue weighted by atomic mass is 10.1. The summed E-state index contributed by atoms with van der Waals surface area (Å²) in [6.07, 6.45) is 7.99. The predicted octanol–water partition coefficient (Wildman–Crippen LogP) is 3.66. The van der Waals surface area contributed by atoms with Crippen molar-refractivity contribution in [1.29, 1.82) is 0 Å². The first-order chi connectivity index (χ1) is 11.7. The first kappa shape index (κ1) is 18.4. The fourth-order valence-corrected chi connectivity index (χ4v) is 3.12. The van der Waals surface area contributed by atoms with Gasteiger partial charge in [-0.15, -0.1) is 0 Å². The number of hydrogen-bond donors (Lipinski definition) is 2. The van der Waals surface area contributed by atoms with Crippen LogP contribution in [0.25, 0.3) is 0 Å². The van der Waals surface area contributed by atoms with Crippen molar-refractivity contribution in [3.8, 4) is 11.5 Å². The Balaban J connectivity index is 1.75. The van der Waals surface area contributed by atoms with Crippen molar-refractivity contribution >= 4 is 6.03 Å². The predicted molar refractivity (Wildman–Crippen MR) is 95.9 cm³/mol. The van der Waals surface area contributed by atoms with Crippen LogP contribution in [0.2, 0.25) is 0 Å². The van der Waals surface area contributed by atoms with E-state index in [4.69, 9.17) is 9.47 Å². The van der Waals surface area contributed by atoms with E-state index in [0.29, 0.717) is 19.2 Å². The largest absolute Gasteiger partial charge is 0.493 e. The molecule has 5 nitrogen and oxygen atoms in total. The van der Waals surface area contributed by atoms with Crippen LogP contribution >= 0.6 is 0 Å². The van der Waals surface area contributed by atoms with Crippen molar-refractivity contribution in [2.75, 3.05) is 20.3 Å². The lowest BCUT2D eigenvalue weighted by Gasteiger charge is -2.17. The molecule has 1 saturated carbocycles. The van der Waals surface area contributed by atoms with Crippen LogP contribution in [0.1, 0.15) is 51.0 Å². The van der Waals surface area contributed by atoms with Crippen molar-refractivity contribution in [3.63, 3.8) is 0 Å². The monoisotopic (exact) mass is 334 g/mol. The van der Waals surface area contributed by atoms with E-state index in [2.05, 4.69) is 10.6 Å². The third-order valence-electron chi connectivity index (χ3n) is 4.42. The Labute approximate surface area is 145 Å². The summed E-state index contributed by atoms with van der Waals surface area (Å²) < 4.78 is 10.9. The Hall–Kier alpha value is -1.91. The molecule has 5 heteroatoms. The molecule has 1 aromatic carbocycles. The Morgan fingerprint density at radius 1 is 1.17 bits per heavy atom. The van der Waals surface area contributed by atoms with Gasteiger partial charge in [-0.05, 0) is 43.9 Å². The number of benzene rings is 1. The van der Waals surface area contributed by atoms with Crippen molar-refractivity contribution in [3.05, 3.63) is 23.8 Å². The number of rotatable bonds is 7. The Kier molecular flexibility index (Phi) is 7.72. The zero-order chi connectivity index (χ0) is 17.2. The lowest BCUT2D eigenvalue weighted by molar-refractivity contribution is 0.235. The van der Waals surface area contributed by atoms with Crippen LogP contribution in [0.3, 0.4) is 0 Å². The molecule has 2 N–H and O–H groups in total. The van der Waals surface area contributed by atoms with Gasteiger partial charge in [-0.3, -0.25) is 0 Å². The Morgan fingerprint density at radius 2 is 1.92 bits per heavy atom. The summed E-state index contributed by atoms with van der Waals surface area (Å²) in [5.74, 6) is 1.49. The van der Waals surface area contributed by atoms with E-state index in [1.807, 2.05) is 25.1 Å². The molecule has 2 amide bonds. The smallest absolute Gasteiger partial charge is 0.315 e. The van der Waals surface area contributed by atoms with Crippen LogP contribution in [-0.4, -0.2) is 32.3 Å². The lowest BCUT2D eigenvalue weighted by Crippen LogP contribution is -2.42. The van der Waals surface area contributed by atoms with E-state index in [1.165, 1.54) is 25.7 Å². The standard InChI is InChI=1S/C19H30N2O3/c1-3-24-17-11-10-15(14-18(17)23-2)12-13-20-19(22)21-16-8-6-4-5-7-9-16/h10-11,14,16H,3-9,12-13H2,1-2H3,(H2,20,21,22). The van der Waals surface area contributed by atoms with E-state index in [0.717, 1.165) is 36.3 Å². The summed E-state index contributed by atoms with van der Waals surface area (Å²) in [4.78, 5) is 12.0. The molecule has 0 aromatic heterocycles. The molecular weight excluding hydrogens is 304 g/mol. The highest BCUT2D eigenvalue weighted by Crippen LogP contribution is 2.28. The molecule has 0 atom stereocenters. The number of carbonyl (C=O) groups is 1. The molecule has 1 aromatic rings. The number of ether oxygens (including phenoxy) is 2. The van der Waals surface area contributed by atoms with E-state index in [9.17, 15) is 4.79 Å². The van der Waals surface area contributed by atoms with Gasteiger partial charge in [0.05, 0.1) is 13.7 Å². The first-order valence-corrected chi connectivity index (χ1v) is 9.07. The highest BCUT2D eigenvalue weighted by Gasteiger charge is 2.14. The number of nitrogens with one attached hydrogen (secondary N) is 2. The van der Waals surface area contributed by atoms with Crippen LogP contribution in [0.5, 0.6) is 11.5 Å². The van der Waals surface area contributed by atoms with E-state index < -0.39 is 0 Å². The maximum atomic E-state index is 12.0. The molecule has 134 valence electrons. The second kappa shape index (κ2) is 10.1. The Morgan fingerprint density at radius 3 is 2.58 bits per heavy atom. The maximum Gasteiger partial charge on any atom is 0.315 e. The quantitative estimate of drug-likeness (QED) is 0.748. The number of methoxy groups -OCH3 is 1. The van der Waals surface area contributed by atoms with Gasteiger partial charge in [-0.1, -0.05) is 31.7 Å². The van der Waals surface area contributed by atoms with Crippen LogP contribution in [0.4, 0.5) is 4.79 Å². The average Bonchev–Trinajstić information content (AvgIpc) is 2.85. The Bertz CT molecular complexity index is 511. The van der Waals surface area contributed by atoms with Gasteiger partial charge < -0.3 is 20.1 Å². The zero-order valence-electron chi connectivity index (χ0n) is 14.9. The van der Waals surface area contributed by atoms with Gasteiger partial charge in [-0.25, -0.2) is 4.79 Å². The van der Waals surface area contributed by atoms with Crippen molar-refractivity contribution in [2.24, 2.45) is 0 Å². The molecule has 0 heterocycles. The summed E-state index contributed by atoms with van der Waals surface area (Å²) in [5, 5.41) is 6.05. The van der Waals surface area contributed by atoms with Crippen LogP contribution < -0.4 is 20.1 Å². The normalized spacial score (nSPS) is 15.4. The molecule has 0 unspecified atom stereocenters. The zero-order valence-corrected chi connectivity index (χ0v) is 14.9. The molecule has 2 rings (SSSR count). The second-order valence-electron chi connectivity index (χ2n) is 6.26. The molecule has 1 aliphatic carbocycles. The van der Waals surface area contributed by atoms with Crippen molar-refractivity contribution in [2.45, 2.75) is 57.9 Å². The van der Waals surface area contributed by atoms with Gasteiger partial charge >= 0.3 is 6.03 Å². The van der Waals surface area contributed by atoms with Crippen LogP contribution in [0, 0.1) is 0 Å². The number of amides is 2. The highest BCUT2D eigenvalue weighted by molar-refractivity contribution is 5.74.